The van der Waals surface area contributed by atoms with E-state index in [0.717, 1.165) is 11.1 Å². The molecule has 0 saturated carbocycles. The number of nitrogens with zero attached hydrogens (tertiary/aromatic N) is 2. The Bertz CT molecular complexity index is 1160. The molecule has 0 radical (unpaired) electrons. The van der Waals surface area contributed by atoms with Crippen molar-refractivity contribution in [2.45, 2.75) is 25.8 Å². The number of hydrogen-bond acceptors (Lipinski definition) is 4. The quantitative estimate of drug-likeness (QED) is 0.774. The van der Waals surface area contributed by atoms with Gasteiger partial charge in [0.05, 0.1) is 5.92 Å². The smallest absolute Gasteiger partial charge is 0.205 e. The van der Waals surface area contributed by atoms with Gasteiger partial charge in [0.25, 0.3) is 0 Å². The van der Waals surface area contributed by atoms with E-state index in [1.165, 1.54) is 12.1 Å². The Morgan fingerprint density at radius 2 is 1.77 bits per heavy atom. The van der Waals surface area contributed by atoms with Gasteiger partial charge >= 0.3 is 0 Å². The molecule has 31 heavy (non-hydrogen) atoms. The van der Waals surface area contributed by atoms with Crippen molar-refractivity contribution in [3.63, 3.8) is 0 Å². The van der Waals surface area contributed by atoms with Crippen LogP contribution in [0.25, 0.3) is 6.08 Å². The second-order valence-electron chi connectivity index (χ2n) is 7.99. The third-order valence-electron chi connectivity index (χ3n) is 5.75. The van der Waals surface area contributed by atoms with Crippen molar-refractivity contribution in [3.05, 3.63) is 99.7 Å². The molecule has 0 bridgehead atoms. The molecule has 0 unspecified atom stereocenters. The Labute approximate surface area is 180 Å². The highest BCUT2D eigenvalue weighted by Gasteiger charge is 2.39. The maximum absolute atomic E-state index is 14.8. The normalized spacial score (nSPS) is 20.6. The van der Waals surface area contributed by atoms with Gasteiger partial charge in [0.15, 0.2) is 0 Å². The van der Waals surface area contributed by atoms with Crippen molar-refractivity contribution in [2.24, 2.45) is 5.73 Å². The molecular weight excluding hydrogens is 396 g/mol. The molecule has 2 aliphatic heterocycles. The minimum absolute atomic E-state index is 0.0491. The van der Waals surface area contributed by atoms with E-state index in [0.29, 0.717) is 30.0 Å². The molecule has 6 heteroatoms. The standard InChI is InChI=1S/C25H23F2N3O/c1-15(2)30-13-17(11-16-7-3-5-9-21(16)26)24-20(14-30)23(19(12-28)25(29)31-24)18-8-4-6-10-22(18)27/h3-11,15,23H,13-14,29H2,1-2H3/b17-11+/t23-/m1/s1. The van der Waals surface area contributed by atoms with Gasteiger partial charge in [-0.3, -0.25) is 4.90 Å². The highest BCUT2D eigenvalue weighted by atomic mass is 19.1. The molecule has 4 rings (SSSR count). The van der Waals surface area contributed by atoms with Crippen LogP contribution in [-0.4, -0.2) is 24.0 Å². The van der Waals surface area contributed by atoms with E-state index in [2.05, 4.69) is 24.8 Å². The van der Waals surface area contributed by atoms with Crippen LogP contribution in [0.5, 0.6) is 0 Å². The lowest BCUT2D eigenvalue weighted by molar-refractivity contribution is 0.207. The van der Waals surface area contributed by atoms with Gasteiger partial charge in [0, 0.05) is 35.8 Å². The average Bonchev–Trinajstić information content (AvgIpc) is 2.75. The minimum Gasteiger partial charge on any atom is -0.440 e. The minimum atomic E-state index is -0.666. The van der Waals surface area contributed by atoms with Crippen molar-refractivity contribution in [2.75, 3.05) is 13.1 Å². The molecule has 0 aliphatic carbocycles. The molecule has 1 atom stereocenters. The average molecular weight is 419 g/mol. The molecular formula is C25H23F2N3O. The Morgan fingerprint density at radius 3 is 2.42 bits per heavy atom. The summed E-state index contributed by atoms with van der Waals surface area (Å²) in [4.78, 5) is 2.18. The molecule has 4 nitrogen and oxygen atoms in total. The molecule has 158 valence electrons. The molecule has 0 fully saturated rings. The first-order chi connectivity index (χ1) is 14.9. The van der Waals surface area contributed by atoms with E-state index in [9.17, 15) is 14.0 Å². The number of allylic oxidation sites excluding steroid dienone is 1. The Morgan fingerprint density at radius 1 is 1.10 bits per heavy atom. The Hall–Kier alpha value is -3.43. The number of ether oxygens (including phenoxy) is 1. The SMILES string of the molecule is CC(C)N1CC2=C(OC(N)=C(C#N)[C@H]2c2ccccc2F)/C(=C/c2ccccc2F)C1. The van der Waals surface area contributed by atoms with Crippen LogP contribution in [0.15, 0.2) is 76.9 Å². The van der Waals surface area contributed by atoms with E-state index in [1.807, 2.05) is 0 Å². The third kappa shape index (κ3) is 3.85. The van der Waals surface area contributed by atoms with E-state index in [-0.39, 0.29) is 23.3 Å². The zero-order chi connectivity index (χ0) is 22.1. The summed E-state index contributed by atoms with van der Waals surface area (Å²) in [7, 11) is 0. The molecule has 2 aliphatic rings. The second kappa shape index (κ2) is 8.37. The summed E-state index contributed by atoms with van der Waals surface area (Å²) in [5.41, 5.74) is 8.58. The molecule has 0 spiro atoms. The lowest BCUT2D eigenvalue weighted by Gasteiger charge is -2.40. The molecule has 0 saturated heterocycles. The van der Waals surface area contributed by atoms with Crippen LogP contribution in [0.4, 0.5) is 8.78 Å². The maximum atomic E-state index is 14.8. The lowest BCUT2D eigenvalue weighted by atomic mass is 9.79. The van der Waals surface area contributed by atoms with Crippen molar-refractivity contribution >= 4 is 6.08 Å². The molecule has 0 amide bonds. The fourth-order valence-corrected chi connectivity index (χ4v) is 4.11. The number of nitrogens with two attached hydrogens (primary N) is 1. The van der Waals surface area contributed by atoms with E-state index < -0.39 is 11.7 Å². The van der Waals surface area contributed by atoms with Crippen molar-refractivity contribution in [1.29, 1.82) is 5.26 Å². The van der Waals surface area contributed by atoms with Gasteiger partial charge in [-0.05, 0) is 37.6 Å². The summed E-state index contributed by atoms with van der Waals surface area (Å²) < 4.78 is 35.1. The predicted molar refractivity (Wildman–Crippen MR) is 115 cm³/mol. The summed E-state index contributed by atoms with van der Waals surface area (Å²) in [6, 6.07) is 15.1. The number of halogens is 2. The molecule has 2 aromatic rings. The number of hydrogen-bond donors (Lipinski definition) is 1. The van der Waals surface area contributed by atoms with Crippen LogP contribution in [0.1, 0.15) is 30.9 Å². The van der Waals surface area contributed by atoms with Gasteiger partial charge in [-0.1, -0.05) is 36.4 Å². The van der Waals surface area contributed by atoms with E-state index in [1.54, 1.807) is 42.5 Å². The maximum Gasteiger partial charge on any atom is 0.205 e. The zero-order valence-electron chi connectivity index (χ0n) is 17.4. The summed E-state index contributed by atoms with van der Waals surface area (Å²) >= 11 is 0. The lowest BCUT2D eigenvalue weighted by Crippen LogP contribution is -2.41. The van der Waals surface area contributed by atoms with Crippen LogP contribution < -0.4 is 5.73 Å². The summed E-state index contributed by atoms with van der Waals surface area (Å²) in [5, 5.41) is 9.80. The van der Waals surface area contributed by atoms with Gasteiger partial charge in [-0.15, -0.1) is 0 Å². The number of rotatable bonds is 3. The van der Waals surface area contributed by atoms with Gasteiger partial charge in [-0.25, -0.2) is 8.78 Å². The molecule has 2 aromatic carbocycles. The summed E-state index contributed by atoms with van der Waals surface area (Å²) in [6.07, 6.45) is 1.74. The molecule has 0 aromatic heterocycles. The molecule has 2 N–H and O–H groups in total. The van der Waals surface area contributed by atoms with Crippen molar-refractivity contribution in [3.8, 4) is 6.07 Å². The number of benzene rings is 2. The van der Waals surface area contributed by atoms with Gasteiger partial charge < -0.3 is 10.5 Å². The summed E-state index contributed by atoms with van der Waals surface area (Å²) in [5.74, 6) is -0.984. The zero-order valence-corrected chi connectivity index (χ0v) is 17.4. The Kier molecular flexibility index (Phi) is 5.62. The largest absolute Gasteiger partial charge is 0.440 e. The van der Waals surface area contributed by atoms with Crippen LogP contribution in [0.3, 0.4) is 0 Å². The topological polar surface area (TPSA) is 62.3 Å². The third-order valence-corrected chi connectivity index (χ3v) is 5.75. The van der Waals surface area contributed by atoms with Gasteiger partial charge in [0.2, 0.25) is 5.88 Å². The first-order valence-corrected chi connectivity index (χ1v) is 10.1. The van der Waals surface area contributed by atoms with Crippen molar-refractivity contribution < 1.29 is 13.5 Å². The fraction of sp³-hybridized carbons (Fsp3) is 0.240. The highest BCUT2D eigenvalue weighted by molar-refractivity contribution is 5.63. The fourth-order valence-electron chi connectivity index (χ4n) is 4.11. The summed E-state index contributed by atoms with van der Waals surface area (Å²) in [6.45, 7) is 5.12. The number of nitriles is 1. The predicted octanol–water partition coefficient (Wildman–Crippen LogP) is 4.83. The van der Waals surface area contributed by atoms with Gasteiger partial charge in [-0.2, -0.15) is 5.26 Å². The Balaban J connectivity index is 1.93. The first kappa shape index (κ1) is 20.8. The monoisotopic (exact) mass is 419 g/mol. The van der Waals surface area contributed by atoms with E-state index >= 15 is 0 Å². The van der Waals surface area contributed by atoms with Crippen LogP contribution in [-0.2, 0) is 4.74 Å². The van der Waals surface area contributed by atoms with Crippen molar-refractivity contribution in [1.82, 2.24) is 4.90 Å². The molecule has 2 heterocycles. The highest BCUT2D eigenvalue weighted by Crippen LogP contribution is 2.44. The van der Waals surface area contributed by atoms with Gasteiger partial charge in [0.1, 0.15) is 29.0 Å². The second-order valence-corrected chi connectivity index (χ2v) is 7.99. The van der Waals surface area contributed by atoms with Crippen LogP contribution in [0.2, 0.25) is 0 Å². The first-order valence-electron chi connectivity index (χ1n) is 10.1. The van der Waals surface area contributed by atoms with E-state index in [4.69, 9.17) is 10.5 Å². The van der Waals surface area contributed by atoms with Crippen LogP contribution in [0, 0.1) is 23.0 Å². The van der Waals surface area contributed by atoms with Crippen LogP contribution >= 0.6 is 0 Å².